The van der Waals surface area contributed by atoms with Gasteiger partial charge in [-0.15, -0.1) is 0 Å². The molecule has 3 unspecified atom stereocenters. The predicted molar refractivity (Wildman–Crippen MR) is 135 cm³/mol. The van der Waals surface area contributed by atoms with Crippen LogP contribution < -0.4 is 9.64 Å². The summed E-state index contributed by atoms with van der Waals surface area (Å²) in [5, 5.41) is 9.45. The number of carbonyl (C=O) groups is 2. The van der Waals surface area contributed by atoms with Crippen LogP contribution in [0.4, 0.5) is 10.6 Å². The fourth-order valence-corrected chi connectivity index (χ4v) is 5.07. The van der Waals surface area contributed by atoms with Crippen molar-refractivity contribution in [1.29, 1.82) is 5.26 Å². The molecule has 0 bridgehead atoms. The van der Waals surface area contributed by atoms with Crippen molar-refractivity contribution in [2.75, 3.05) is 44.7 Å². The maximum Gasteiger partial charge on any atom is 0.410 e. The summed E-state index contributed by atoms with van der Waals surface area (Å²) in [5.41, 5.74) is 0.448. The molecule has 2 aliphatic heterocycles. The van der Waals surface area contributed by atoms with Gasteiger partial charge in [0.15, 0.2) is 5.78 Å². The Morgan fingerprint density at radius 3 is 2.64 bits per heavy atom. The van der Waals surface area contributed by atoms with Gasteiger partial charge < -0.3 is 24.2 Å². The van der Waals surface area contributed by atoms with Crippen LogP contribution >= 0.6 is 0 Å². The molecule has 3 atom stereocenters. The number of rotatable bonds is 5. The number of likely N-dealkylation sites (N-methyl/N-ethyl adjacent to an activating group) is 1. The predicted octanol–water partition coefficient (Wildman–Crippen LogP) is 2.37. The maximum absolute atomic E-state index is 12.9. The van der Waals surface area contributed by atoms with E-state index in [0.29, 0.717) is 50.6 Å². The van der Waals surface area contributed by atoms with Crippen LogP contribution in [0.2, 0.25) is 5.82 Å². The summed E-state index contributed by atoms with van der Waals surface area (Å²) >= 11 is 0. The Morgan fingerprint density at radius 2 is 1.97 bits per heavy atom. The summed E-state index contributed by atoms with van der Waals surface area (Å²) in [7, 11) is 8.13. The summed E-state index contributed by atoms with van der Waals surface area (Å²) < 4.78 is 11.6. The summed E-state index contributed by atoms with van der Waals surface area (Å²) in [4.78, 5) is 40.9. The van der Waals surface area contributed by atoms with E-state index in [9.17, 15) is 14.9 Å². The quantitative estimate of drug-likeness (QED) is 0.570. The zero-order chi connectivity index (χ0) is 26.0. The molecule has 0 saturated carbocycles. The molecule has 4 rings (SSSR count). The highest BCUT2D eigenvalue weighted by atomic mass is 16.6. The zero-order valence-electron chi connectivity index (χ0n) is 21.7. The minimum atomic E-state index is -0.629. The van der Waals surface area contributed by atoms with Crippen LogP contribution in [0, 0.1) is 11.3 Å². The van der Waals surface area contributed by atoms with E-state index in [-0.39, 0.29) is 30.3 Å². The first-order chi connectivity index (χ1) is 17.1. The molecular formula is C25H35BN6O4. The van der Waals surface area contributed by atoms with Crippen molar-refractivity contribution in [3.63, 3.8) is 0 Å². The van der Waals surface area contributed by atoms with Gasteiger partial charge in [0, 0.05) is 31.2 Å². The molecule has 0 N–H and O–H groups in total. The molecular weight excluding hydrogens is 459 g/mol. The van der Waals surface area contributed by atoms with Crippen LogP contribution in [0.25, 0.3) is 0 Å². The van der Waals surface area contributed by atoms with E-state index in [1.165, 1.54) is 0 Å². The number of likely N-dealkylation sites (tertiary alicyclic amines) is 1. The molecule has 1 amide bonds. The van der Waals surface area contributed by atoms with Gasteiger partial charge in [-0.25, -0.2) is 4.79 Å². The Morgan fingerprint density at radius 1 is 1.19 bits per heavy atom. The van der Waals surface area contributed by atoms with Gasteiger partial charge in [0.2, 0.25) is 0 Å². The second kappa shape index (κ2) is 10.6. The second-order valence-electron chi connectivity index (χ2n) is 10.9. The van der Waals surface area contributed by atoms with E-state index >= 15 is 0 Å². The SMILES string of the molecule is [B]C1CCc2c(nc(OCC3CCCN3C)nc2N2CCN(C(=O)OC(C)(C)C)C(CC#N)C2)C1=O. The number of nitriles is 1. The van der Waals surface area contributed by atoms with E-state index in [4.69, 9.17) is 22.3 Å². The highest BCUT2D eigenvalue weighted by Gasteiger charge is 2.37. The number of aromatic nitrogens is 2. The van der Waals surface area contributed by atoms with E-state index in [2.05, 4.69) is 23.0 Å². The average molecular weight is 494 g/mol. The highest BCUT2D eigenvalue weighted by molar-refractivity contribution is 6.28. The van der Waals surface area contributed by atoms with Crippen LogP contribution in [-0.4, -0.2) is 97.0 Å². The van der Waals surface area contributed by atoms with Crippen LogP contribution in [0.15, 0.2) is 0 Å². The number of nitrogens with zero attached hydrogens (tertiary/aromatic N) is 6. The number of hydrogen-bond donors (Lipinski definition) is 0. The Hall–Kier alpha value is -2.87. The Balaban J connectivity index is 1.60. The lowest BCUT2D eigenvalue weighted by molar-refractivity contribution is 0.0144. The van der Waals surface area contributed by atoms with Crippen LogP contribution in [-0.2, 0) is 11.2 Å². The largest absolute Gasteiger partial charge is 0.462 e. The highest BCUT2D eigenvalue weighted by Crippen LogP contribution is 2.34. The molecule has 1 aromatic rings. The number of hydrogen-bond acceptors (Lipinski definition) is 9. The van der Waals surface area contributed by atoms with Crippen molar-refractivity contribution in [3.8, 4) is 12.1 Å². The van der Waals surface area contributed by atoms with Gasteiger partial charge >= 0.3 is 12.1 Å². The van der Waals surface area contributed by atoms with Gasteiger partial charge in [-0.2, -0.15) is 15.2 Å². The Labute approximate surface area is 214 Å². The third-order valence-electron chi connectivity index (χ3n) is 7.05. The summed E-state index contributed by atoms with van der Waals surface area (Å²) in [6.07, 6.45) is 2.99. The molecule has 1 aliphatic carbocycles. The van der Waals surface area contributed by atoms with Crippen LogP contribution in [0.3, 0.4) is 0 Å². The van der Waals surface area contributed by atoms with Gasteiger partial charge in [-0.05, 0) is 65.9 Å². The van der Waals surface area contributed by atoms with E-state index in [0.717, 1.165) is 24.9 Å². The lowest BCUT2D eigenvalue weighted by Crippen LogP contribution is -2.56. The second-order valence-corrected chi connectivity index (χ2v) is 10.9. The molecule has 2 saturated heterocycles. The van der Waals surface area contributed by atoms with Crippen molar-refractivity contribution < 1.29 is 19.1 Å². The number of anilines is 1. The molecule has 1 aromatic heterocycles. The molecule has 11 heteroatoms. The number of ether oxygens (including phenoxy) is 2. The lowest BCUT2D eigenvalue weighted by atomic mass is 9.73. The van der Waals surface area contributed by atoms with Gasteiger partial charge in [0.25, 0.3) is 0 Å². The number of fused-ring (bicyclic) bond motifs is 1. The van der Waals surface area contributed by atoms with Crippen molar-refractivity contribution in [2.24, 2.45) is 0 Å². The number of Topliss-reactive ketones (excluding diaryl/α,β-unsaturated/α-hetero) is 1. The molecule has 2 radical (unpaired) electrons. The van der Waals surface area contributed by atoms with Gasteiger partial charge in [0.05, 0.1) is 26.4 Å². The topological polar surface area (TPSA) is 112 Å². The van der Waals surface area contributed by atoms with Crippen LogP contribution in [0.5, 0.6) is 6.01 Å². The number of carbonyl (C=O) groups excluding carboxylic acids is 2. The fraction of sp³-hybridized carbons (Fsp3) is 0.720. The molecule has 0 spiro atoms. The standard InChI is InChI=1S/C25H35BN6O4/c1-25(2,3)36-24(34)32-13-12-31(14-16(32)9-10-27)22-18-7-8-19(26)21(33)20(18)28-23(29-22)35-15-17-6-5-11-30(17)4/h16-17,19H,5-9,11-15H2,1-4H3. The molecule has 10 nitrogen and oxygen atoms in total. The van der Waals surface area contributed by atoms with Gasteiger partial charge in [-0.3, -0.25) is 4.79 Å². The van der Waals surface area contributed by atoms with Crippen molar-refractivity contribution in [3.05, 3.63) is 11.3 Å². The summed E-state index contributed by atoms with van der Waals surface area (Å²) in [6, 6.07) is 2.26. The van der Waals surface area contributed by atoms with E-state index < -0.39 is 17.5 Å². The Bertz CT molecular complexity index is 1040. The third kappa shape index (κ3) is 5.75. The van der Waals surface area contributed by atoms with Gasteiger partial charge in [-0.1, -0.05) is 0 Å². The number of piperazine rings is 1. The zero-order valence-corrected chi connectivity index (χ0v) is 21.7. The number of ketones is 1. The molecule has 3 aliphatic rings. The average Bonchev–Trinajstić information content (AvgIpc) is 3.23. The molecule has 3 heterocycles. The monoisotopic (exact) mass is 494 g/mol. The van der Waals surface area contributed by atoms with Crippen molar-refractivity contribution in [2.45, 2.75) is 76.4 Å². The first-order valence-electron chi connectivity index (χ1n) is 12.7. The minimum Gasteiger partial charge on any atom is -0.462 e. The van der Waals surface area contributed by atoms with Crippen LogP contribution in [0.1, 0.15) is 62.5 Å². The normalized spacial score (nSPS) is 24.9. The fourth-order valence-electron chi connectivity index (χ4n) is 5.07. The smallest absolute Gasteiger partial charge is 0.410 e. The third-order valence-corrected chi connectivity index (χ3v) is 7.05. The van der Waals surface area contributed by atoms with E-state index in [1.807, 2.05) is 25.7 Å². The van der Waals surface area contributed by atoms with Crippen molar-refractivity contribution >= 4 is 25.5 Å². The Kier molecular flexibility index (Phi) is 7.74. The first-order valence-corrected chi connectivity index (χ1v) is 12.7. The van der Waals surface area contributed by atoms with E-state index in [1.54, 1.807) is 4.90 Å². The molecule has 0 aromatic carbocycles. The molecule has 192 valence electrons. The molecule has 2 fully saturated rings. The summed E-state index contributed by atoms with van der Waals surface area (Å²) in [6.45, 7) is 8.17. The van der Waals surface area contributed by atoms with Gasteiger partial charge in [0.1, 0.15) is 23.7 Å². The lowest BCUT2D eigenvalue weighted by Gasteiger charge is -2.42. The van der Waals surface area contributed by atoms with Crippen molar-refractivity contribution in [1.82, 2.24) is 19.8 Å². The molecule has 36 heavy (non-hydrogen) atoms. The summed E-state index contributed by atoms with van der Waals surface area (Å²) in [5.74, 6) is -0.171. The maximum atomic E-state index is 12.9. The number of amides is 1. The first kappa shape index (κ1) is 26.2. The minimum absolute atomic E-state index is 0.157.